The molecule has 1 atom stereocenters. The molecule has 1 aromatic rings. The first-order valence-corrected chi connectivity index (χ1v) is 6.82. The first-order valence-electron chi connectivity index (χ1n) is 4.61. The van der Waals surface area contributed by atoms with Gasteiger partial charge in [-0.2, -0.15) is 0 Å². The maximum absolute atomic E-state index is 6.04. The van der Waals surface area contributed by atoms with Gasteiger partial charge in [-0.05, 0) is 40.2 Å². The van der Waals surface area contributed by atoms with Crippen molar-refractivity contribution in [3.05, 3.63) is 20.8 Å². The molecule has 1 saturated heterocycles. The van der Waals surface area contributed by atoms with Gasteiger partial charge in [-0.1, -0.05) is 0 Å². The molecule has 78 valence electrons. The molecule has 0 spiro atoms. The standard InChI is InChI=1S/C10H12BrClOS/c11-8-1-4-14-9(8)5-10(6-12)2-3-13-7-10/h1,4H,2-3,5-7H2. The van der Waals surface area contributed by atoms with Crippen LogP contribution in [0.25, 0.3) is 0 Å². The first-order chi connectivity index (χ1) is 6.76. The van der Waals surface area contributed by atoms with Gasteiger partial charge < -0.3 is 4.74 Å². The molecule has 0 amide bonds. The van der Waals surface area contributed by atoms with E-state index in [1.165, 1.54) is 9.35 Å². The van der Waals surface area contributed by atoms with E-state index in [2.05, 4.69) is 27.4 Å². The summed E-state index contributed by atoms with van der Waals surface area (Å²) in [7, 11) is 0. The Morgan fingerprint density at radius 2 is 2.50 bits per heavy atom. The highest BCUT2D eigenvalue weighted by Gasteiger charge is 2.35. The molecule has 0 bridgehead atoms. The summed E-state index contributed by atoms with van der Waals surface area (Å²) in [5, 5.41) is 2.11. The lowest BCUT2D eigenvalue weighted by molar-refractivity contribution is 0.161. The molecule has 1 aromatic heterocycles. The lowest BCUT2D eigenvalue weighted by Gasteiger charge is -2.23. The largest absolute Gasteiger partial charge is 0.381 e. The normalized spacial score (nSPS) is 27.0. The molecule has 1 aliphatic rings. The molecule has 1 nitrogen and oxygen atoms in total. The summed E-state index contributed by atoms with van der Waals surface area (Å²) in [5.41, 5.74) is 0.176. The monoisotopic (exact) mass is 294 g/mol. The second kappa shape index (κ2) is 4.52. The minimum Gasteiger partial charge on any atom is -0.381 e. The van der Waals surface area contributed by atoms with Crippen molar-refractivity contribution in [1.82, 2.24) is 0 Å². The van der Waals surface area contributed by atoms with Gasteiger partial charge in [0.1, 0.15) is 0 Å². The fourth-order valence-corrected chi connectivity index (χ4v) is 3.70. The van der Waals surface area contributed by atoms with Gasteiger partial charge in [0, 0.05) is 27.3 Å². The van der Waals surface area contributed by atoms with Crippen molar-refractivity contribution in [1.29, 1.82) is 0 Å². The summed E-state index contributed by atoms with van der Waals surface area (Å²) in [6.45, 7) is 1.66. The van der Waals surface area contributed by atoms with Gasteiger partial charge in [0.15, 0.2) is 0 Å². The molecule has 2 heterocycles. The predicted molar refractivity (Wildman–Crippen MR) is 64.3 cm³/mol. The third-order valence-electron chi connectivity index (χ3n) is 2.70. The summed E-state index contributed by atoms with van der Waals surface area (Å²) in [4.78, 5) is 1.39. The van der Waals surface area contributed by atoms with E-state index in [-0.39, 0.29) is 5.41 Å². The van der Waals surface area contributed by atoms with Crippen molar-refractivity contribution < 1.29 is 4.74 Å². The number of halogens is 2. The van der Waals surface area contributed by atoms with E-state index in [4.69, 9.17) is 16.3 Å². The Bertz CT molecular complexity index is 307. The average Bonchev–Trinajstić information content (AvgIpc) is 2.79. The fraction of sp³-hybridized carbons (Fsp3) is 0.600. The van der Waals surface area contributed by atoms with Gasteiger partial charge in [0.05, 0.1) is 6.61 Å². The summed E-state index contributed by atoms with van der Waals surface area (Å²) < 4.78 is 6.65. The number of hydrogen-bond donors (Lipinski definition) is 0. The second-order valence-corrected chi connectivity index (χ2v) is 5.93. The molecule has 2 rings (SSSR count). The van der Waals surface area contributed by atoms with Crippen molar-refractivity contribution in [3.8, 4) is 0 Å². The highest BCUT2D eigenvalue weighted by atomic mass is 79.9. The minimum atomic E-state index is 0.176. The summed E-state index contributed by atoms with van der Waals surface area (Å²) >= 11 is 11.4. The molecule has 4 heteroatoms. The molecule has 1 aliphatic heterocycles. The highest BCUT2D eigenvalue weighted by Crippen LogP contribution is 2.37. The van der Waals surface area contributed by atoms with Gasteiger partial charge in [0.2, 0.25) is 0 Å². The van der Waals surface area contributed by atoms with Crippen molar-refractivity contribution in [2.45, 2.75) is 12.8 Å². The van der Waals surface area contributed by atoms with Crippen LogP contribution >= 0.6 is 38.9 Å². The zero-order valence-electron chi connectivity index (χ0n) is 7.76. The third-order valence-corrected chi connectivity index (χ3v) is 5.19. The zero-order chi connectivity index (χ0) is 10.0. The maximum Gasteiger partial charge on any atom is 0.0538 e. The van der Waals surface area contributed by atoms with E-state index in [9.17, 15) is 0 Å². The van der Waals surface area contributed by atoms with Crippen LogP contribution in [0.5, 0.6) is 0 Å². The van der Waals surface area contributed by atoms with E-state index in [1.54, 1.807) is 11.3 Å². The highest BCUT2D eigenvalue weighted by molar-refractivity contribution is 9.10. The van der Waals surface area contributed by atoms with Crippen LogP contribution in [0.15, 0.2) is 15.9 Å². The molecule has 0 aromatic carbocycles. The lowest BCUT2D eigenvalue weighted by Crippen LogP contribution is -2.25. The lowest BCUT2D eigenvalue weighted by atomic mass is 9.85. The van der Waals surface area contributed by atoms with E-state index >= 15 is 0 Å². The van der Waals surface area contributed by atoms with Crippen LogP contribution in [-0.4, -0.2) is 19.1 Å². The fourth-order valence-electron chi connectivity index (χ4n) is 1.73. The van der Waals surface area contributed by atoms with Crippen molar-refractivity contribution in [3.63, 3.8) is 0 Å². The van der Waals surface area contributed by atoms with Crippen LogP contribution < -0.4 is 0 Å². The minimum absolute atomic E-state index is 0.176. The number of rotatable bonds is 3. The maximum atomic E-state index is 6.04. The quantitative estimate of drug-likeness (QED) is 0.773. The van der Waals surface area contributed by atoms with E-state index in [1.807, 2.05) is 0 Å². The topological polar surface area (TPSA) is 9.23 Å². The number of thiophene rings is 1. The van der Waals surface area contributed by atoms with Crippen LogP contribution in [0.4, 0.5) is 0 Å². The van der Waals surface area contributed by atoms with Gasteiger partial charge in [-0.15, -0.1) is 22.9 Å². The van der Waals surface area contributed by atoms with Crippen molar-refractivity contribution >= 4 is 38.9 Å². The second-order valence-electron chi connectivity index (χ2n) is 3.80. The Balaban J connectivity index is 2.12. The van der Waals surface area contributed by atoms with E-state index in [0.29, 0.717) is 5.88 Å². The van der Waals surface area contributed by atoms with Crippen LogP contribution in [-0.2, 0) is 11.2 Å². The molecule has 0 aliphatic carbocycles. The van der Waals surface area contributed by atoms with Crippen LogP contribution in [0.1, 0.15) is 11.3 Å². The van der Waals surface area contributed by atoms with E-state index in [0.717, 1.165) is 26.1 Å². The van der Waals surface area contributed by atoms with Crippen LogP contribution in [0.3, 0.4) is 0 Å². The Labute approximate surface area is 102 Å². The van der Waals surface area contributed by atoms with E-state index < -0.39 is 0 Å². The van der Waals surface area contributed by atoms with Crippen LogP contribution in [0, 0.1) is 5.41 Å². The van der Waals surface area contributed by atoms with Crippen LogP contribution in [0.2, 0.25) is 0 Å². The van der Waals surface area contributed by atoms with Gasteiger partial charge in [-0.3, -0.25) is 0 Å². The number of alkyl halides is 1. The zero-order valence-corrected chi connectivity index (χ0v) is 10.9. The Kier molecular flexibility index (Phi) is 3.53. The molecule has 1 fully saturated rings. The Morgan fingerprint density at radius 3 is 3.00 bits per heavy atom. The van der Waals surface area contributed by atoms with Crippen molar-refractivity contribution in [2.24, 2.45) is 5.41 Å². The predicted octanol–water partition coefficient (Wildman–Crippen LogP) is 3.70. The summed E-state index contributed by atoms with van der Waals surface area (Å²) in [6, 6.07) is 2.09. The molecular formula is C10H12BrClOS. The Hall–Kier alpha value is 0.430. The smallest absolute Gasteiger partial charge is 0.0538 e. The third kappa shape index (κ3) is 2.16. The molecular weight excluding hydrogens is 284 g/mol. The molecule has 0 radical (unpaired) electrons. The molecule has 0 saturated carbocycles. The van der Waals surface area contributed by atoms with Crippen molar-refractivity contribution in [2.75, 3.05) is 19.1 Å². The average molecular weight is 296 g/mol. The number of hydrogen-bond acceptors (Lipinski definition) is 2. The molecule has 14 heavy (non-hydrogen) atoms. The SMILES string of the molecule is ClCC1(Cc2sccc2Br)CCOC1. The number of ether oxygens (including phenoxy) is 1. The summed E-state index contributed by atoms with van der Waals surface area (Å²) in [5.74, 6) is 0.692. The Morgan fingerprint density at radius 1 is 1.64 bits per heavy atom. The van der Waals surface area contributed by atoms with Gasteiger partial charge in [-0.25, -0.2) is 0 Å². The van der Waals surface area contributed by atoms with Gasteiger partial charge >= 0.3 is 0 Å². The van der Waals surface area contributed by atoms with Gasteiger partial charge in [0.25, 0.3) is 0 Å². The first kappa shape index (κ1) is 10.9. The molecule has 1 unspecified atom stereocenters. The summed E-state index contributed by atoms with van der Waals surface area (Å²) in [6.07, 6.45) is 2.12. The molecule has 0 N–H and O–H groups in total.